The van der Waals surface area contributed by atoms with Crippen molar-refractivity contribution in [2.24, 2.45) is 0 Å². The number of nitrogens with one attached hydrogen (secondary N) is 1. The predicted octanol–water partition coefficient (Wildman–Crippen LogP) is 1.28. The summed E-state index contributed by atoms with van der Waals surface area (Å²) in [7, 11) is 1.59. The van der Waals surface area contributed by atoms with Gasteiger partial charge in [0.25, 0.3) is 0 Å². The van der Waals surface area contributed by atoms with Crippen LogP contribution in [-0.2, 0) is 11.3 Å². The molecule has 5 heteroatoms. The van der Waals surface area contributed by atoms with E-state index in [9.17, 15) is 4.79 Å². The molecule has 0 unspecified atom stereocenters. The van der Waals surface area contributed by atoms with Gasteiger partial charge in [-0.3, -0.25) is 5.10 Å². The van der Waals surface area contributed by atoms with E-state index in [0.717, 1.165) is 16.6 Å². The van der Waals surface area contributed by atoms with E-state index in [2.05, 4.69) is 10.2 Å². The lowest BCUT2D eigenvalue weighted by Crippen LogP contribution is -2.08. The minimum absolute atomic E-state index is 0.343. The van der Waals surface area contributed by atoms with Crippen molar-refractivity contribution >= 4 is 11.1 Å². The Kier molecular flexibility index (Phi) is 2.32. The van der Waals surface area contributed by atoms with E-state index in [-0.39, 0.29) is 5.63 Å². The number of aromatic nitrogens is 2. The Morgan fingerprint density at radius 2 is 2.20 bits per heavy atom. The number of fused-ring (bicyclic) bond motifs is 1. The number of ether oxygens (including phenoxy) is 1. The molecule has 5 nitrogen and oxygen atoms in total. The highest BCUT2D eigenvalue weighted by atomic mass is 16.5. The van der Waals surface area contributed by atoms with Crippen LogP contribution in [0.4, 0.5) is 0 Å². The van der Waals surface area contributed by atoms with Crippen LogP contribution in [0, 0.1) is 13.8 Å². The Morgan fingerprint density at radius 1 is 1.47 bits per heavy atom. The topological polar surface area (TPSA) is 68.1 Å². The molecular weight excluding hydrogens is 196 g/mol. The van der Waals surface area contributed by atoms with E-state index in [1.807, 2.05) is 6.92 Å². The fourth-order valence-corrected chi connectivity index (χ4v) is 1.64. The molecule has 0 saturated heterocycles. The summed E-state index contributed by atoms with van der Waals surface area (Å²) in [6, 6.07) is 0. The van der Waals surface area contributed by atoms with Crippen molar-refractivity contribution in [3.63, 3.8) is 0 Å². The van der Waals surface area contributed by atoms with Gasteiger partial charge in [0.2, 0.25) is 5.71 Å². The van der Waals surface area contributed by atoms with Crippen LogP contribution in [0.25, 0.3) is 11.1 Å². The molecule has 0 radical (unpaired) electrons. The van der Waals surface area contributed by atoms with Gasteiger partial charge in [0.15, 0.2) is 0 Å². The van der Waals surface area contributed by atoms with Crippen LogP contribution in [0.15, 0.2) is 9.21 Å². The van der Waals surface area contributed by atoms with E-state index in [4.69, 9.17) is 9.15 Å². The number of rotatable bonds is 2. The van der Waals surface area contributed by atoms with Crippen LogP contribution in [0.5, 0.6) is 0 Å². The molecule has 0 aliphatic heterocycles. The smallest absolute Gasteiger partial charge is 0.340 e. The maximum absolute atomic E-state index is 11.5. The van der Waals surface area contributed by atoms with Gasteiger partial charge in [0.05, 0.1) is 12.0 Å². The molecule has 0 spiro atoms. The van der Waals surface area contributed by atoms with E-state index >= 15 is 0 Å². The van der Waals surface area contributed by atoms with Crippen LogP contribution in [0.3, 0.4) is 0 Å². The van der Waals surface area contributed by atoms with Gasteiger partial charge in [-0.15, -0.1) is 5.10 Å². The molecule has 0 atom stereocenters. The number of hydrogen-bond donors (Lipinski definition) is 1. The number of aryl methyl sites for hydroxylation is 1. The minimum atomic E-state index is -0.360. The Hall–Kier alpha value is -1.62. The maximum atomic E-state index is 11.5. The summed E-state index contributed by atoms with van der Waals surface area (Å²) in [5, 5.41) is 7.55. The number of nitrogens with zero attached hydrogens (tertiary/aromatic N) is 1. The average Bonchev–Trinajstić information content (AvgIpc) is 2.55. The number of H-pyrrole nitrogens is 1. The first-order chi connectivity index (χ1) is 7.15. The van der Waals surface area contributed by atoms with Gasteiger partial charge in [-0.25, -0.2) is 4.79 Å². The second-order valence-corrected chi connectivity index (χ2v) is 3.45. The molecule has 0 fully saturated rings. The fourth-order valence-electron chi connectivity index (χ4n) is 1.64. The molecule has 0 aliphatic carbocycles. The van der Waals surface area contributed by atoms with Crippen molar-refractivity contribution in [3.8, 4) is 0 Å². The van der Waals surface area contributed by atoms with Crippen molar-refractivity contribution < 1.29 is 9.15 Å². The van der Waals surface area contributed by atoms with Gasteiger partial charge in [-0.2, -0.15) is 0 Å². The standard InChI is InChI=1S/C10H12N2O3/c1-5-7(4-14-3)8-6(2)11-12-9(8)15-10(5)13/h4H2,1-3H3,(H,11,12). The third-order valence-electron chi connectivity index (χ3n) is 2.45. The third kappa shape index (κ3) is 1.45. The number of aromatic amines is 1. The fraction of sp³-hybridized carbons (Fsp3) is 0.400. The first kappa shape index (κ1) is 9.92. The molecule has 2 aromatic heterocycles. The molecule has 0 bridgehead atoms. The zero-order valence-corrected chi connectivity index (χ0v) is 8.88. The molecule has 80 valence electrons. The average molecular weight is 208 g/mol. The highest BCUT2D eigenvalue weighted by molar-refractivity contribution is 5.80. The first-order valence-electron chi connectivity index (χ1n) is 4.61. The summed E-state index contributed by atoms with van der Waals surface area (Å²) in [6.07, 6.45) is 0. The number of methoxy groups -OCH3 is 1. The second kappa shape index (κ2) is 3.51. The third-order valence-corrected chi connectivity index (χ3v) is 2.45. The lowest BCUT2D eigenvalue weighted by Gasteiger charge is -2.04. The summed E-state index contributed by atoms with van der Waals surface area (Å²) in [5.74, 6) is 0. The van der Waals surface area contributed by atoms with E-state index < -0.39 is 0 Å². The van der Waals surface area contributed by atoms with Crippen LogP contribution in [-0.4, -0.2) is 17.3 Å². The summed E-state index contributed by atoms with van der Waals surface area (Å²) in [6.45, 7) is 3.99. The largest absolute Gasteiger partial charge is 0.402 e. The summed E-state index contributed by atoms with van der Waals surface area (Å²) in [5.41, 5.74) is 2.28. The quantitative estimate of drug-likeness (QED) is 0.807. The predicted molar refractivity (Wildman–Crippen MR) is 54.8 cm³/mol. The van der Waals surface area contributed by atoms with Crippen molar-refractivity contribution in [1.82, 2.24) is 10.2 Å². The molecule has 2 heterocycles. The Balaban J connectivity index is 2.86. The lowest BCUT2D eigenvalue weighted by molar-refractivity contribution is 0.185. The highest BCUT2D eigenvalue weighted by Gasteiger charge is 2.14. The van der Waals surface area contributed by atoms with Crippen LogP contribution >= 0.6 is 0 Å². The molecule has 15 heavy (non-hydrogen) atoms. The SMILES string of the molecule is COCc1c(C)c(=O)oc2n[nH]c(C)c12. The Bertz CT molecular complexity index is 554. The highest BCUT2D eigenvalue weighted by Crippen LogP contribution is 2.21. The zero-order chi connectivity index (χ0) is 11.0. The normalized spacial score (nSPS) is 11.1. The van der Waals surface area contributed by atoms with Gasteiger partial charge in [-0.1, -0.05) is 0 Å². The molecule has 1 N–H and O–H groups in total. The van der Waals surface area contributed by atoms with Crippen molar-refractivity contribution in [2.45, 2.75) is 20.5 Å². The lowest BCUT2D eigenvalue weighted by atomic mass is 10.1. The summed E-state index contributed by atoms with van der Waals surface area (Å²) < 4.78 is 10.1. The van der Waals surface area contributed by atoms with Crippen molar-refractivity contribution in [1.29, 1.82) is 0 Å². The molecule has 0 aliphatic rings. The molecule has 2 aromatic rings. The van der Waals surface area contributed by atoms with E-state index in [1.54, 1.807) is 14.0 Å². The summed E-state index contributed by atoms with van der Waals surface area (Å²) >= 11 is 0. The van der Waals surface area contributed by atoms with Gasteiger partial charge >= 0.3 is 5.63 Å². The minimum Gasteiger partial charge on any atom is -0.402 e. The van der Waals surface area contributed by atoms with Crippen LogP contribution < -0.4 is 5.63 Å². The molecular formula is C10H12N2O3. The van der Waals surface area contributed by atoms with Gasteiger partial charge in [0.1, 0.15) is 0 Å². The second-order valence-electron chi connectivity index (χ2n) is 3.45. The molecule has 0 amide bonds. The van der Waals surface area contributed by atoms with Crippen LogP contribution in [0.1, 0.15) is 16.8 Å². The van der Waals surface area contributed by atoms with Crippen LogP contribution in [0.2, 0.25) is 0 Å². The molecule has 0 saturated carbocycles. The Morgan fingerprint density at radius 3 is 2.87 bits per heavy atom. The Labute approximate surface area is 86.0 Å². The van der Waals surface area contributed by atoms with E-state index in [0.29, 0.717) is 17.9 Å². The van der Waals surface area contributed by atoms with E-state index in [1.165, 1.54) is 0 Å². The summed E-state index contributed by atoms with van der Waals surface area (Å²) in [4.78, 5) is 11.5. The monoisotopic (exact) mass is 208 g/mol. The number of hydrogen-bond acceptors (Lipinski definition) is 4. The van der Waals surface area contributed by atoms with Gasteiger partial charge in [-0.05, 0) is 13.8 Å². The van der Waals surface area contributed by atoms with Crippen molar-refractivity contribution in [3.05, 3.63) is 27.2 Å². The van der Waals surface area contributed by atoms with Crippen molar-refractivity contribution in [2.75, 3.05) is 7.11 Å². The zero-order valence-electron chi connectivity index (χ0n) is 8.88. The van der Waals surface area contributed by atoms with Gasteiger partial charge < -0.3 is 9.15 Å². The van der Waals surface area contributed by atoms with Gasteiger partial charge in [0, 0.05) is 23.9 Å². The molecule has 0 aromatic carbocycles. The maximum Gasteiger partial charge on any atom is 0.340 e. The molecule has 2 rings (SSSR count). The first-order valence-corrected chi connectivity index (χ1v) is 4.61.